The summed E-state index contributed by atoms with van der Waals surface area (Å²) in [6.07, 6.45) is 4.54. The third-order valence-corrected chi connectivity index (χ3v) is 8.10. The van der Waals surface area contributed by atoms with Crippen LogP contribution in [0.3, 0.4) is 0 Å². The third kappa shape index (κ3) is 4.46. The van der Waals surface area contributed by atoms with Gasteiger partial charge in [-0.05, 0) is 42.2 Å². The highest BCUT2D eigenvalue weighted by atomic mass is 16.2. The van der Waals surface area contributed by atoms with Crippen LogP contribution in [0.5, 0.6) is 0 Å². The number of aromatic nitrogens is 2. The van der Waals surface area contributed by atoms with E-state index in [1.165, 1.54) is 0 Å². The molecule has 0 spiro atoms. The van der Waals surface area contributed by atoms with E-state index in [2.05, 4.69) is 46.6 Å². The van der Waals surface area contributed by atoms with Crippen LogP contribution in [0.25, 0.3) is 10.9 Å². The Morgan fingerprint density at radius 1 is 0.923 bits per heavy atom. The number of anilines is 1. The van der Waals surface area contributed by atoms with Gasteiger partial charge >= 0.3 is 0 Å². The Labute approximate surface area is 229 Å². The van der Waals surface area contributed by atoms with E-state index >= 15 is 0 Å². The number of para-hydroxylation sites is 1. The van der Waals surface area contributed by atoms with Crippen LogP contribution in [-0.2, 0) is 11.8 Å². The van der Waals surface area contributed by atoms with Gasteiger partial charge in [-0.25, -0.2) is 4.98 Å². The fourth-order valence-electron chi connectivity index (χ4n) is 6.25. The first-order chi connectivity index (χ1) is 18.9. The number of aryl methyl sites for hydroxylation is 1. The van der Waals surface area contributed by atoms with E-state index in [4.69, 9.17) is 0 Å². The number of amides is 2. The number of carbonyl (C=O) groups excluding carboxylic acids is 2. The van der Waals surface area contributed by atoms with Crippen LogP contribution in [0, 0.1) is 5.92 Å². The molecule has 1 fully saturated rings. The zero-order valence-corrected chi connectivity index (χ0v) is 22.8. The van der Waals surface area contributed by atoms with Gasteiger partial charge in [0.25, 0.3) is 5.91 Å². The number of pyridine rings is 1. The normalized spacial score (nSPS) is 18.2. The van der Waals surface area contributed by atoms with Crippen LogP contribution < -0.4 is 4.90 Å². The van der Waals surface area contributed by atoms with Crippen molar-refractivity contribution >= 4 is 28.5 Å². The van der Waals surface area contributed by atoms with Crippen molar-refractivity contribution in [3.05, 3.63) is 95.8 Å². The van der Waals surface area contributed by atoms with Gasteiger partial charge in [-0.15, -0.1) is 0 Å². The van der Waals surface area contributed by atoms with Crippen molar-refractivity contribution in [2.75, 3.05) is 31.1 Å². The number of carbonyl (C=O) groups is 2. The van der Waals surface area contributed by atoms with Crippen molar-refractivity contribution in [3.63, 3.8) is 0 Å². The van der Waals surface area contributed by atoms with Crippen LogP contribution in [0.1, 0.15) is 47.8 Å². The van der Waals surface area contributed by atoms with Gasteiger partial charge in [0, 0.05) is 67.7 Å². The topological polar surface area (TPSA) is 61.7 Å². The molecule has 7 nitrogen and oxygen atoms in total. The van der Waals surface area contributed by atoms with Gasteiger partial charge in [-0.2, -0.15) is 0 Å². The number of fused-ring (bicyclic) bond motifs is 2. The number of piperazine rings is 1. The number of benzene rings is 2. The Balaban J connectivity index is 1.36. The molecule has 2 aliphatic heterocycles. The van der Waals surface area contributed by atoms with Crippen molar-refractivity contribution < 1.29 is 9.59 Å². The average Bonchev–Trinajstić information content (AvgIpc) is 3.45. The number of rotatable bonds is 6. The minimum absolute atomic E-state index is 0.0377. The molecule has 0 aliphatic carbocycles. The summed E-state index contributed by atoms with van der Waals surface area (Å²) in [5, 5.41) is 1.11. The standard InChI is InChI=1S/C32H35N5O2/c1-22(2)20-28(32(39)36-18-16-35(17-19-36)29-14-8-9-15-33-29)37-30(24-11-4-5-12-25(24)31(37)38)26-21-34(3)27-13-7-6-10-23(26)27/h4-15,21-22,28,30H,16-20H2,1-3H3. The van der Waals surface area contributed by atoms with Gasteiger partial charge < -0.3 is 19.3 Å². The molecule has 6 rings (SSSR count). The van der Waals surface area contributed by atoms with Crippen LogP contribution in [0.15, 0.2) is 79.1 Å². The van der Waals surface area contributed by atoms with Crippen LogP contribution >= 0.6 is 0 Å². The lowest BCUT2D eigenvalue weighted by molar-refractivity contribution is -0.137. The lowest BCUT2D eigenvalue weighted by atomic mass is 9.94. The van der Waals surface area contributed by atoms with Crippen molar-refractivity contribution in [2.45, 2.75) is 32.4 Å². The SMILES string of the molecule is CC(C)CC(C(=O)N1CCN(c2ccccn2)CC1)N1C(=O)c2ccccc2C1c1cn(C)c2ccccc12. The second kappa shape index (κ2) is 10.2. The van der Waals surface area contributed by atoms with Crippen LogP contribution in [0.2, 0.25) is 0 Å². The number of nitrogens with zero attached hydrogens (tertiary/aromatic N) is 5. The summed E-state index contributed by atoms with van der Waals surface area (Å²) in [4.78, 5) is 38.9. The minimum atomic E-state index is -0.546. The second-order valence-corrected chi connectivity index (χ2v) is 11.1. The maximum atomic E-state index is 14.3. The van der Waals surface area contributed by atoms with Crippen molar-refractivity contribution in [3.8, 4) is 0 Å². The predicted molar refractivity (Wildman–Crippen MR) is 154 cm³/mol. The monoisotopic (exact) mass is 521 g/mol. The molecule has 0 bridgehead atoms. The van der Waals surface area contributed by atoms with Crippen molar-refractivity contribution in [1.82, 2.24) is 19.4 Å². The highest BCUT2D eigenvalue weighted by Crippen LogP contribution is 2.44. The molecular formula is C32H35N5O2. The first-order valence-corrected chi connectivity index (χ1v) is 13.8. The molecule has 4 heterocycles. The molecular weight excluding hydrogens is 486 g/mol. The Morgan fingerprint density at radius 3 is 2.38 bits per heavy atom. The molecule has 2 amide bonds. The van der Waals surface area contributed by atoms with Crippen molar-refractivity contribution in [1.29, 1.82) is 0 Å². The van der Waals surface area contributed by atoms with E-state index in [1.807, 2.05) is 71.4 Å². The molecule has 200 valence electrons. The molecule has 1 saturated heterocycles. The van der Waals surface area contributed by atoms with Gasteiger partial charge in [0.05, 0.1) is 6.04 Å². The Bertz CT molecular complexity index is 1500. The van der Waals surface area contributed by atoms with Crippen LogP contribution in [-0.4, -0.2) is 63.4 Å². The summed E-state index contributed by atoms with van der Waals surface area (Å²) in [7, 11) is 2.04. The maximum absolute atomic E-state index is 14.3. The number of hydrogen-bond donors (Lipinski definition) is 0. The fourth-order valence-corrected chi connectivity index (χ4v) is 6.25. The summed E-state index contributed by atoms with van der Waals surface area (Å²) < 4.78 is 2.12. The van der Waals surface area contributed by atoms with Crippen molar-refractivity contribution in [2.24, 2.45) is 13.0 Å². The highest BCUT2D eigenvalue weighted by Gasteiger charge is 2.46. The van der Waals surface area contributed by atoms with E-state index < -0.39 is 6.04 Å². The molecule has 39 heavy (non-hydrogen) atoms. The second-order valence-electron chi connectivity index (χ2n) is 11.1. The fraction of sp³-hybridized carbons (Fsp3) is 0.344. The third-order valence-electron chi connectivity index (χ3n) is 8.10. The van der Waals surface area contributed by atoms with Gasteiger partial charge in [-0.3, -0.25) is 9.59 Å². The van der Waals surface area contributed by atoms with Crippen LogP contribution in [0.4, 0.5) is 5.82 Å². The Morgan fingerprint density at radius 2 is 1.64 bits per heavy atom. The van der Waals surface area contributed by atoms with Gasteiger partial charge in [0.15, 0.2) is 0 Å². The van der Waals surface area contributed by atoms with E-state index in [0.29, 0.717) is 25.1 Å². The van der Waals surface area contributed by atoms with E-state index in [1.54, 1.807) is 6.20 Å². The minimum Gasteiger partial charge on any atom is -0.353 e. The molecule has 2 atom stereocenters. The summed E-state index contributed by atoms with van der Waals surface area (Å²) in [6, 6.07) is 21.2. The van der Waals surface area contributed by atoms with Gasteiger partial charge in [0.2, 0.25) is 5.91 Å². The van der Waals surface area contributed by atoms with E-state index in [9.17, 15) is 9.59 Å². The number of hydrogen-bond acceptors (Lipinski definition) is 4. The van der Waals surface area contributed by atoms with E-state index in [-0.39, 0.29) is 23.8 Å². The summed E-state index contributed by atoms with van der Waals surface area (Å²) in [6.45, 7) is 6.91. The summed E-state index contributed by atoms with van der Waals surface area (Å²) in [5.74, 6) is 1.16. The average molecular weight is 522 g/mol. The molecule has 2 aliphatic rings. The quantitative estimate of drug-likeness (QED) is 0.363. The Kier molecular flexibility index (Phi) is 6.59. The van der Waals surface area contributed by atoms with E-state index in [0.717, 1.165) is 40.9 Å². The zero-order valence-electron chi connectivity index (χ0n) is 22.8. The first kappa shape index (κ1) is 25.2. The largest absolute Gasteiger partial charge is 0.353 e. The van der Waals surface area contributed by atoms with Gasteiger partial charge in [-0.1, -0.05) is 56.3 Å². The predicted octanol–water partition coefficient (Wildman–Crippen LogP) is 4.88. The highest BCUT2D eigenvalue weighted by molar-refractivity contribution is 6.03. The summed E-state index contributed by atoms with van der Waals surface area (Å²) in [5.41, 5.74) is 3.84. The molecule has 0 radical (unpaired) electrons. The molecule has 2 aromatic heterocycles. The first-order valence-electron chi connectivity index (χ1n) is 13.8. The Hall–Kier alpha value is -4.13. The lowest BCUT2D eigenvalue weighted by Gasteiger charge is -2.40. The lowest BCUT2D eigenvalue weighted by Crippen LogP contribution is -2.56. The molecule has 2 unspecified atom stereocenters. The molecule has 4 aromatic rings. The maximum Gasteiger partial charge on any atom is 0.255 e. The smallest absolute Gasteiger partial charge is 0.255 e. The molecule has 0 saturated carbocycles. The molecule has 2 aromatic carbocycles. The molecule has 7 heteroatoms. The zero-order chi connectivity index (χ0) is 27.1. The molecule has 0 N–H and O–H groups in total. The summed E-state index contributed by atoms with van der Waals surface area (Å²) >= 11 is 0. The van der Waals surface area contributed by atoms with Gasteiger partial charge in [0.1, 0.15) is 11.9 Å².